The number of rotatable bonds is 3. The lowest BCUT2D eigenvalue weighted by Crippen LogP contribution is -2.14. The van der Waals surface area contributed by atoms with E-state index in [-0.39, 0.29) is 17.0 Å². The highest BCUT2D eigenvalue weighted by Gasteiger charge is 2.35. The van der Waals surface area contributed by atoms with Gasteiger partial charge in [0.15, 0.2) is 0 Å². The molecule has 1 unspecified atom stereocenters. The SMILES string of the molecule is Cc1ccc(C(C)Nc2cc(Cl)nc(C(F)(F)F)n2)s1. The molecular weight excluding hydrogens is 311 g/mol. The number of halogens is 4. The lowest BCUT2D eigenvalue weighted by atomic mass is 10.2. The Morgan fingerprint density at radius 3 is 2.55 bits per heavy atom. The van der Waals surface area contributed by atoms with Gasteiger partial charge in [0.2, 0.25) is 5.82 Å². The summed E-state index contributed by atoms with van der Waals surface area (Å²) in [5.74, 6) is -1.20. The molecule has 0 aliphatic heterocycles. The Labute approximate surface area is 122 Å². The molecule has 0 aromatic carbocycles. The number of aromatic nitrogens is 2. The first-order valence-electron chi connectivity index (χ1n) is 5.70. The van der Waals surface area contributed by atoms with Gasteiger partial charge in [0.1, 0.15) is 11.0 Å². The van der Waals surface area contributed by atoms with E-state index in [1.807, 2.05) is 26.0 Å². The molecule has 0 aliphatic rings. The average Bonchev–Trinajstić information content (AvgIpc) is 2.74. The lowest BCUT2D eigenvalue weighted by Gasteiger charge is -2.14. The van der Waals surface area contributed by atoms with Gasteiger partial charge < -0.3 is 5.32 Å². The van der Waals surface area contributed by atoms with E-state index in [4.69, 9.17) is 11.6 Å². The summed E-state index contributed by atoms with van der Waals surface area (Å²) in [6, 6.07) is 4.98. The number of anilines is 1. The number of hydrogen-bond acceptors (Lipinski definition) is 4. The largest absolute Gasteiger partial charge is 0.451 e. The minimum absolute atomic E-state index is 0.0517. The first kappa shape index (κ1) is 15.1. The molecule has 108 valence electrons. The second kappa shape index (κ2) is 5.57. The highest BCUT2D eigenvalue weighted by Crippen LogP contribution is 2.30. The summed E-state index contributed by atoms with van der Waals surface area (Å²) < 4.78 is 37.8. The Morgan fingerprint density at radius 2 is 2.00 bits per heavy atom. The molecule has 3 nitrogen and oxygen atoms in total. The molecule has 0 bridgehead atoms. The first-order valence-corrected chi connectivity index (χ1v) is 6.90. The summed E-state index contributed by atoms with van der Waals surface area (Å²) in [6.07, 6.45) is -4.62. The van der Waals surface area contributed by atoms with Crippen LogP contribution in [0.2, 0.25) is 5.15 Å². The standard InChI is InChI=1S/C12H11ClF3N3S/c1-6-3-4-8(20-6)7(2)17-10-5-9(13)18-11(19-10)12(14,15)16/h3-5,7H,1-2H3,(H,17,18,19). The van der Waals surface area contributed by atoms with Crippen LogP contribution in [0.25, 0.3) is 0 Å². The van der Waals surface area contributed by atoms with Crippen LogP contribution in [-0.2, 0) is 6.18 Å². The minimum Gasteiger partial charge on any atom is -0.363 e. The molecule has 1 atom stereocenters. The van der Waals surface area contributed by atoms with Crippen LogP contribution < -0.4 is 5.32 Å². The van der Waals surface area contributed by atoms with Gasteiger partial charge in [0.25, 0.3) is 0 Å². The quantitative estimate of drug-likeness (QED) is 0.833. The van der Waals surface area contributed by atoms with Gasteiger partial charge in [-0.05, 0) is 26.0 Å². The molecule has 0 fully saturated rings. The third kappa shape index (κ3) is 3.61. The summed E-state index contributed by atoms with van der Waals surface area (Å²) in [5.41, 5.74) is 0. The molecule has 0 aliphatic carbocycles. The van der Waals surface area contributed by atoms with Crippen molar-refractivity contribution in [2.45, 2.75) is 26.1 Å². The molecule has 0 saturated carbocycles. The van der Waals surface area contributed by atoms with Crippen molar-refractivity contribution >= 4 is 28.8 Å². The number of alkyl halides is 3. The second-order valence-corrected chi connectivity index (χ2v) is 5.92. The topological polar surface area (TPSA) is 37.8 Å². The maximum absolute atomic E-state index is 12.6. The van der Waals surface area contributed by atoms with E-state index in [1.54, 1.807) is 11.3 Å². The predicted octanol–water partition coefficient (Wildman–Crippen LogP) is 4.69. The molecule has 0 amide bonds. The zero-order chi connectivity index (χ0) is 14.9. The van der Waals surface area contributed by atoms with Crippen molar-refractivity contribution in [1.82, 2.24) is 9.97 Å². The van der Waals surface area contributed by atoms with Crippen LogP contribution in [-0.4, -0.2) is 9.97 Å². The van der Waals surface area contributed by atoms with Crippen LogP contribution in [0.1, 0.15) is 28.5 Å². The smallest absolute Gasteiger partial charge is 0.363 e. The third-order valence-electron chi connectivity index (χ3n) is 2.50. The van der Waals surface area contributed by atoms with Crippen molar-refractivity contribution in [3.05, 3.63) is 38.9 Å². The second-order valence-electron chi connectivity index (χ2n) is 4.21. The monoisotopic (exact) mass is 321 g/mol. The molecule has 20 heavy (non-hydrogen) atoms. The van der Waals surface area contributed by atoms with Crippen molar-refractivity contribution in [1.29, 1.82) is 0 Å². The van der Waals surface area contributed by atoms with Crippen molar-refractivity contribution in [3.63, 3.8) is 0 Å². The van der Waals surface area contributed by atoms with Gasteiger partial charge in [0.05, 0.1) is 6.04 Å². The van der Waals surface area contributed by atoms with Gasteiger partial charge in [-0.1, -0.05) is 11.6 Å². The van der Waals surface area contributed by atoms with E-state index in [0.717, 1.165) is 9.75 Å². The van der Waals surface area contributed by atoms with Crippen LogP contribution in [0.15, 0.2) is 18.2 Å². The first-order chi connectivity index (χ1) is 9.25. The molecule has 0 saturated heterocycles. The molecule has 1 N–H and O–H groups in total. The fraction of sp³-hybridized carbons (Fsp3) is 0.333. The van der Waals surface area contributed by atoms with Crippen molar-refractivity contribution < 1.29 is 13.2 Å². The summed E-state index contributed by atoms with van der Waals surface area (Å²) in [6.45, 7) is 3.80. The summed E-state index contributed by atoms with van der Waals surface area (Å²) in [4.78, 5) is 8.77. The number of thiophene rings is 1. The normalized spacial score (nSPS) is 13.3. The van der Waals surface area contributed by atoms with E-state index in [0.29, 0.717) is 0 Å². The number of hydrogen-bond donors (Lipinski definition) is 1. The highest BCUT2D eigenvalue weighted by molar-refractivity contribution is 7.12. The maximum Gasteiger partial charge on any atom is 0.451 e. The van der Waals surface area contributed by atoms with E-state index in [2.05, 4.69) is 15.3 Å². The van der Waals surface area contributed by atoms with Crippen LogP contribution in [0.4, 0.5) is 19.0 Å². The number of aryl methyl sites for hydroxylation is 1. The van der Waals surface area contributed by atoms with Crippen LogP contribution >= 0.6 is 22.9 Å². The maximum atomic E-state index is 12.6. The molecule has 2 aromatic rings. The molecule has 0 radical (unpaired) electrons. The number of nitrogens with one attached hydrogen (secondary N) is 1. The van der Waals surface area contributed by atoms with E-state index < -0.39 is 12.0 Å². The van der Waals surface area contributed by atoms with Crippen LogP contribution in [0.3, 0.4) is 0 Å². The Balaban J connectivity index is 2.23. The molecule has 2 heterocycles. The Bertz CT molecular complexity index is 612. The van der Waals surface area contributed by atoms with E-state index >= 15 is 0 Å². The zero-order valence-corrected chi connectivity index (χ0v) is 12.2. The van der Waals surface area contributed by atoms with Crippen molar-refractivity contribution in [3.8, 4) is 0 Å². The fourth-order valence-electron chi connectivity index (χ4n) is 1.60. The van der Waals surface area contributed by atoms with Crippen LogP contribution in [0.5, 0.6) is 0 Å². The Hall–Kier alpha value is -1.34. The van der Waals surface area contributed by atoms with Crippen molar-refractivity contribution in [2.24, 2.45) is 0 Å². The molecule has 0 spiro atoms. The summed E-state index contributed by atoms with van der Waals surface area (Å²) >= 11 is 7.17. The molecule has 8 heteroatoms. The molecule has 2 aromatic heterocycles. The van der Waals surface area contributed by atoms with Gasteiger partial charge in [-0.3, -0.25) is 0 Å². The zero-order valence-electron chi connectivity index (χ0n) is 10.6. The summed E-state index contributed by atoms with van der Waals surface area (Å²) in [7, 11) is 0. The lowest BCUT2D eigenvalue weighted by molar-refractivity contribution is -0.144. The average molecular weight is 322 g/mol. The van der Waals surface area contributed by atoms with Gasteiger partial charge >= 0.3 is 6.18 Å². The molecular formula is C12H11ClF3N3S. The fourth-order valence-corrected chi connectivity index (χ4v) is 2.66. The third-order valence-corrected chi connectivity index (χ3v) is 3.88. The Morgan fingerprint density at radius 1 is 1.30 bits per heavy atom. The van der Waals surface area contributed by atoms with Gasteiger partial charge in [0, 0.05) is 15.8 Å². The molecule has 2 rings (SSSR count). The van der Waals surface area contributed by atoms with E-state index in [1.165, 1.54) is 6.07 Å². The van der Waals surface area contributed by atoms with Gasteiger partial charge in [-0.2, -0.15) is 13.2 Å². The Kier molecular flexibility index (Phi) is 4.19. The van der Waals surface area contributed by atoms with E-state index in [9.17, 15) is 13.2 Å². The number of nitrogens with zero attached hydrogens (tertiary/aromatic N) is 2. The van der Waals surface area contributed by atoms with Gasteiger partial charge in [-0.25, -0.2) is 9.97 Å². The predicted molar refractivity (Wildman–Crippen MR) is 73.1 cm³/mol. The minimum atomic E-state index is -4.62. The van der Waals surface area contributed by atoms with Crippen molar-refractivity contribution in [2.75, 3.05) is 5.32 Å². The summed E-state index contributed by atoms with van der Waals surface area (Å²) in [5, 5.41) is 2.65. The van der Waals surface area contributed by atoms with Crippen LogP contribution in [0, 0.1) is 6.92 Å². The van der Waals surface area contributed by atoms with Gasteiger partial charge in [-0.15, -0.1) is 11.3 Å². The highest BCUT2D eigenvalue weighted by atomic mass is 35.5.